The van der Waals surface area contributed by atoms with E-state index in [0.29, 0.717) is 36.1 Å². The van der Waals surface area contributed by atoms with Gasteiger partial charge in [-0.2, -0.15) is 0 Å². The van der Waals surface area contributed by atoms with Crippen LogP contribution in [0.1, 0.15) is 42.9 Å². The number of aliphatic hydroxyl groups is 1. The number of carbonyl (C=O) groups excluding carboxylic acids is 2. The third kappa shape index (κ3) is 4.96. The number of likely N-dealkylation sites (tertiary alicyclic amines) is 1. The van der Waals surface area contributed by atoms with Crippen molar-refractivity contribution in [1.29, 1.82) is 0 Å². The van der Waals surface area contributed by atoms with Crippen molar-refractivity contribution in [1.82, 2.24) is 4.90 Å². The highest BCUT2D eigenvalue weighted by Crippen LogP contribution is 2.39. The van der Waals surface area contributed by atoms with E-state index in [9.17, 15) is 23.9 Å². The Hall–Kier alpha value is -3.68. The molecule has 1 atom stereocenters. The lowest BCUT2D eigenvalue weighted by molar-refractivity contribution is -0.140. The number of amides is 1. The summed E-state index contributed by atoms with van der Waals surface area (Å²) >= 11 is 0. The Morgan fingerprint density at radius 1 is 1.00 bits per heavy atom. The molecule has 1 aliphatic heterocycles. The van der Waals surface area contributed by atoms with Crippen LogP contribution in [0, 0.1) is 5.82 Å². The lowest BCUT2D eigenvalue weighted by atomic mass is 9.95. The zero-order valence-corrected chi connectivity index (χ0v) is 17.6. The molecule has 1 saturated heterocycles. The molecule has 1 aliphatic rings. The summed E-state index contributed by atoms with van der Waals surface area (Å²) in [7, 11) is 1.51. The SMILES string of the molecule is COc1ccc(/C(O)=C2/C(=O)C(=O)N(CCCCCC(=O)O)C2c2ccc(F)cc2)cc1. The first-order valence-corrected chi connectivity index (χ1v) is 10.2. The predicted octanol–water partition coefficient (Wildman–Crippen LogP) is 3.90. The van der Waals surface area contributed by atoms with Crippen LogP contribution in [0.15, 0.2) is 54.1 Å². The minimum absolute atomic E-state index is 0.0255. The summed E-state index contributed by atoms with van der Waals surface area (Å²) in [5, 5.41) is 19.7. The summed E-state index contributed by atoms with van der Waals surface area (Å²) in [5.41, 5.74) is 0.765. The monoisotopic (exact) mass is 441 g/mol. The second kappa shape index (κ2) is 10.1. The molecule has 0 aromatic heterocycles. The van der Waals surface area contributed by atoms with E-state index in [4.69, 9.17) is 9.84 Å². The fourth-order valence-corrected chi connectivity index (χ4v) is 3.74. The fourth-order valence-electron chi connectivity index (χ4n) is 3.74. The van der Waals surface area contributed by atoms with E-state index in [0.717, 1.165) is 0 Å². The molecule has 0 radical (unpaired) electrons. The molecule has 0 saturated carbocycles. The molecule has 0 spiro atoms. The average Bonchev–Trinajstić information content (AvgIpc) is 3.03. The largest absolute Gasteiger partial charge is 0.507 e. The van der Waals surface area contributed by atoms with Gasteiger partial charge >= 0.3 is 5.97 Å². The number of aliphatic carboxylic acids is 1. The molecule has 2 aromatic carbocycles. The number of hydrogen-bond acceptors (Lipinski definition) is 5. The van der Waals surface area contributed by atoms with Gasteiger partial charge in [-0.05, 0) is 54.8 Å². The van der Waals surface area contributed by atoms with Crippen molar-refractivity contribution in [2.24, 2.45) is 0 Å². The van der Waals surface area contributed by atoms with Crippen LogP contribution in [0.3, 0.4) is 0 Å². The number of carbonyl (C=O) groups is 3. The number of nitrogens with zero attached hydrogens (tertiary/aromatic N) is 1. The van der Waals surface area contributed by atoms with Crippen LogP contribution in [0.5, 0.6) is 5.75 Å². The number of benzene rings is 2. The number of ether oxygens (including phenoxy) is 1. The van der Waals surface area contributed by atoms with Crippen LogP contribution in [-0.2, 0) is 14.4 Å². The van der Waals surface area contributed by atoms with Crippen molar-refractivity contribution in [3.8, 4) is 5.75 Å². The number of methoxy groups -OCH3 is 1. The molecule has 3 rings (SSSR count). The van der Waals surface area contributed by atoms with Crippen LogP contribution in [0.2, 0.25) is 0 Å². The number of ketones is 1. The van der Waals surface area contributed by atoms with E-state index in [1.165, 1.54) is 36.3 Å². The van der Waals surface area contributed by atoms with Gasteiger partial charge in [0.1, 0.15) is 17.3 Å². The molecule has 1 amide bonds. The zero-order valence-electron chi connectivity index (χ0n) is 17.6. The number of aliphatic hydroxyl groups excluding tert-OH is 1. The van der Waals surface area contributed by atoms with Crippen molar-refractivity contribution in [2.45, 2.75) is 31.7 Å². The summed E-state index contributed by atoms with van der Waals surface area (Å²) in [6, 6.07) is 10.9. The van der Waals surface area contributed by atoms with Gasteiger partial charge in [0.25, 0.3) is 11.7 Å². The Morgan fingerprint density at radius 3 is 2.25 bits per heavy atom. The molecule has 1 fully saturated rings. The van der Waals surface area contributed by atoms with Crippen molar-refractivity contribution < 1.29 is 33.7 Å². The first-order chi connectivity index (χ1) is 15.3. The molecule has 2 aromatic rings. The van der Waals surface area contributed by atoms with Gasteiger partial charge in [0.2, 0.25) is 0 Å². The number of unbranched alkanes of at least 4 members (excludes halogenated alkanes) is 2. The highest BCUT2D eigenvalue weighted by Gasteiger charge is 2.45. The van der Waals surface area contributed by atoms with Gasteiger partial charge in [-0.1, -0.05) is 18.6 Å². The smallest absolute Gasteiger partial charge is 0.303 e. The highest BCUT2D eigenvalue weighted by atomic mass is 19.1. The second-order valence-corrected chi connectivity index (χ2v) is 7.48. The lowest BCUT2D eigenvalue weighted by Gasteiger charge is -2.25. The van der Waals surface area contributed by atoms with E-state index >= 15 is 0 Å². The van der Waals surface area contributed by atoms with E-state index < -0.39 is 29.5 Å². The molecular weight excluding hydrogens is 417 g/mol. The first-order valence-electron chi connectivity index (χ1n) is 10.2. The molecule has 0 aliphatic carbocycles. The molecule has 1 unspecified atom stereocenters. The van der Waals surface area contributed by atoms with E-state index in [-0.39, 0.29) is 24.3 Å². The minimum Gasteiger partial charge on any atom is -0.507 e. The van der Waals surface area contributed by atoms with Crippen molar-refractivity contribution in [3.63, 3.8) is 0 Å². The quantitative estimate of drug-likeness (QED) is 0.265. The lowest BCUT2D eigenvalue weighted by Crippen LogP contribution is -2.30. The van der Waals surface area contributed by atoms with Gasteiger partial charge < -0.3 is 19.8 Å². The summed E-state index contributed by atoms with van der Waals surface area (Å²) in [6.07, 6.45) is 1.52. The van der Waals surface area contributed by atoms with Crippen molar-refractivity contribution >= 4 is 23.4 Å². The molecule has 32 heavy (non-hydrogen) atoms. The van der Waals surface area contributed by atoms with Crippen LogP contribution in [0.4, 0.5) is 4.39 Å². The average molecular weight is 441 g/mol. The summed E-state index contributed by atoms with van der Waals surface area (Å²) in [4.78, 5) is 37.8. The molecule has 2 N–H and O–H groups in total. The number of carboxylic acid groups (broad SMARTS) is 1. The number of hydrogen-bond donors (Lipinski definition) is 2. The second-order valence-electron chi connectivity index (χ2n) is 7.48. The molecule has 168 valence electrons. The van der Waals surface area contributed by atoms with Crippen LogP contribution < -0.4 is 4.74 Å². The Labute approximate surface area is 184 Å². The molecular formula is C24H24FNO6. The Bertz CT molecular complexity index is 1030. The summed E-state index contributed by atoms with van der Waals surface area (Å²) in [5.74, 6) is -2.69. The number of carboxylic acids is 1. The molecule has 7 nitrogen and oxygen atoms in total. The van der Waals surface area contributed by atoms with E-state index in [1.54, 1.807) is 24.3 Å². The van der Waals surface area contributed by atoms with Crippen molar-refractivity contribution in [3.05, 3.63) is 71.0 Å². The topological polar surface area (TPSA) is 104 Å². The van der Waals surface area contributed by atoms with Gasteiger partial charge in [0, 0.05) is 18.5 Å². The summed E-state index contributed by atoms with van der Waals surface area (Å²) in [6.45, 7) is 0.200. The van der Waals surface area contributed by atoms with Crippen LogP contribution >= 0.6 is 0 Å². The van der Waals surface area contributed by atoms with E-state index in [2.05, 4.69) is 0 Å². The van der Waals surface area contributed by atoms with Gasteiger partial charge in [-0.25, -0.2) is 4.39 Å². The molecule has 8 heteroatoms. The predicted molar refractivity (Wildman–Crippen MR) is 115 cm³/mol. The summed E-state index contributed by atoms with van der Waals surface area (Å²) < 4.78 is 18.6. The number of halogens is 1. The number of Topliss-reactive ketones (excluding diaryl/α,β-unsaturated/α-hetero) is 1. The van der Waals surface area contributed by atoms with Crippen LogP contribution in [0.25, 0.3) is 5.76 Å². The van der Waals surface area contributed by atoms with Gasteiger partial charge in [-0.3, -0.25) is 14.4 Å². The Balaban J connectivity index is 1.96. The normalized spacial score (nSPS) is 17.6. The van der Waals surface area contributed by atoms with Crippen LogP contribution in [-0.4, -0.2) is 46.4 Å². The highest BCUT2D eigenvalue weighted by molar-refractivity contribution is 6.46. The Kier molecular flexibility index (Phi) is 7.25. The Morgan fingerprint density at radius 2 is 1.66 bits per heavy atom. The zero-order chi connectivity index (χ0) is 23.3. The van der Waals surface area contributed by atoms with Crippen molar-refractivity contribution in [2.75, 3.05) is 13.7 Å². The first kappa shape index (κ1) is 23.0. The third-order valence-electron chi connectivity index (χ3n) is 5.38. The van der Waals surface area contributed by atoms with E-state index in [1.807, 2.05) is 0 Å². The maximum absolute atomic E-state index is 13.5. The fraction of sp³-hybridized carbons (Fsp3) is 0.292. The molecule has 0 bridgehead atoms. The third-order valence-corrected chi connectivity index (χ3v) is 5.38. The minimum atomic E-state index is -0.892. The van der Waals surface area contributed by atoms with Gasteiger partial charge in [-0.15, -0.1) is 0 Å². The maximum Gasteiger partial charge on any atom is 0.303 e. The maximum atomic E-state index is 13.5. The van der Waals surface area contributed by atoms with Gasteiger partial charge in [0.15, 0.2) is 0 Å². The molecule has 1 heterocycles. The standard InChI is InChI=1S/C24H24FNO6/c1-32-18-12-8-16(9-13-18)22(29)20-21(15-6-10-17(25)11-7-15)26(24(31)23(20)30)14-4-2-3-5-19(27)28/h6-13,21,29H,2-5,14H2,1H3,(H,27,28)/b22-20-. The van der Waals surface area contributed by atoms with Gasteiger partial charge in [0.05, 0.1) is 18.7 Å². The number of rotatable bonds is 9.